The molecule has 4 rings (SSSR count). The van der Waals surface area contributed by atoms with Gasteiger partial charge in [-0.25, -0.2) is 9.97 Å². The lowest BCUT2D eigenvalue weighted by Gasteiger charge is -2.15. The minimum Gasteiger partial charge on any atom is -0.397 e. The topological polar surface area (TPSA) is 124 Å². The van der Waals surface area contributed by atoms with E-state index < -0.39 is 0 Å². The zero-order chi connectivity index (χ0) is 22.5. The van der Waals surface area contributed by atoms with E-state index in [2.05, 4.69) is 21.7 Å². The largest absolute Gasteiger partial charge is 0.397 e. The summed E-state index contributed by atoms with van der Waals surface area (Å²) >= 11 is 6.32. The van der Waals surface area contributed by atoms with Crippen molar-refractivity contribution in [3.05, 3.63) is 58.7 Å². The van der Waals surface area contributed by atoms with Crippen molar-refractivity contribution in [2.24, 2.45) is 0 Å². The van der Waals surface area contributed by atoms with Crippen molar-refractivity contribution in [3.8, 4) is 28.6 Å². The van der Waals surface area contributed by atoms with Crippen LogP contribution in [0, 0.1) is 16.7 Å². The summed E-state index contributed by atoms with van der Waals surface area (Å²) in [6, 6.07) is 15.9. The summed E-state index contributed by atoms with van der Waals surface area (Å²) in [5.41, 5.74) is 9.65. The molecule has 0 saturated heterocycles. The number of hydrogen-bond acceptors (Lipinski definition) is 7. The second kappa shape index (κ2) is 9.77. The number of aromatic nitrogens is 2. The molecule has 0 bridgehead atoms. The molecule has 1 aliphatic rings. The monoisotopic (exact) mass is 445 g/mol. The Morgan fingerprint density at radius 3 is 2.56 bits per heavy atom. The number of nitrogens with one attached hydrogen (secondary N) is 3. The van der Waals surface area contributed by atoms with Gasteiger partial charge < -0.3 is 21.8 Å². The zero-order valence-electron chi connectivity index (χ0n) is 17.5. The van der Waals surface area contributed by atoms with Gasteiger partial charge in [-0.2, -0.15) is 5.26 Å². The number of rotatable bonds is 9. The first-order valence-corrected chi connectivity index (χ1v) is 10.9. The molecule has 1 fully saturated rings. The molecule has 0 spiro atoms. The molecule has 3 aromatic rings. The van der Waals surface area contributed by atoms with Gasteiger partial charge in [0.15, 0.2) is 11.5 Å². The first-order chi connectivity index (χ1) is 15.6. The zero-order valence-corrected chi connectivity index (χ0v) is 18.3. The molecule has 0 unspecified atom stereocenters. The van der Waals surface area contributed by atoms with E-state index >= 15 is 0 Å². The number of nitriles is 1. The van der Waals surface area contributed by atoms with Gasteiger partial charge in [-0.05, 0) is 37.9 Å². The van der Waals surface area contributed by atoms with Crippen LogP contribution in [0.15, 0.2) is 42.5 Å². The summed E-state index contributed by atoms with van der Waals surface area (Å²) in [7, 11) is 0. The number of nitrogens with two attached hydrogens (primary N) is 1. The fourth-order valence-corrected chi connectivity index (χ4v) is 3.65. The van der Waals surface area contributed by atoms with Gasteiger partial charge in [0, 0.05) is 35.5 Å². The van der Waals surface area contributed by atoms with Crippen molar-refractivity contribution in [2.75, 3.05) is 24.1 Å². The maximum Gasteiger partial charge on any atom is 0.183 e. The fraction of sp³-hybridized carbons (Fsp3) is 0.250. The highest BCUT2D eigenvalue weighted by atomic mass is 35.5. The smallest absolute Gasteiger partial charge is 0.183 e. The van der Waals surface area contributed by atoms with Crippen molar-refractivity contribution in [3.63, 3.8) is 0 Å². The number of halogens is 1. The number of benzene rings is 2. The molecule has 162 valence electrons. The van der Waals surface area contributed by atoms with Crippen LogP contribution in [0.25, 0.3) is 22.5 Å². The minimum atomic E-state index is 0.208. The lowest BCUT2D eigenvalue weighted by atomic mass is 10.0. The molecule has 1 aromatic heterocycles. The molecule has 0 aliphatic heterocycles. The van der Waals surface area contributed by atoms with Crippen LogP contribution in [-0.2, 0) is 0 Å². The highest BCUT2D eigenvalue weighted by molar-refractivity contribution is 6.34. The van der Waals surface area contributed by atoms with Gasteiger partial charge in [0.05, 0.1) is 22.1 Å². The Hall–Kier alpha value is -3.47. The van der Waals surface area contributed by atoms with E-state index in [4.69, 9.17) is 27.7 Å². The Bertz CT molecular complexity index is 1170. The molecule has 1 heterocycles. The van der Waals surface area contributed by atoms with E-state index in [1.54, 1.807) is 12.1 Å². The number of nitrogen functional groups attached to an aromatic ring is 1. The highest BCUT2D eigenvalue weighted by Gasteiger charge is 2.20. The van der Waals surface area contributed by atoms with Gasteiger partial charge in [0.25, 0.3) is 0 Å². The standard InChI is InChI=1S/C24H24ClN7/c25-19-12-16(11-17(13-26)21(19)28)23-22(15-5-2-1-3-6-15)32-24(20(14-27)31-23)30-10-4-9-29-18-7-8-18/h1-3,5-6,11-13,18,26,29H,4,7-10,28H2,(H,30,32). The predicted octanol–water partition coefficient (Wildman–Crippen LogP) is 4.47. The molecular weight excluding hydrogens is 422 g/mol. The summed E-state index contributed by atoms with van der Waals surface area (Å²) in [5.74, 6) is 0.454. The SMILES string of the molecule is N#Cc1nc(-c2cc(Cl)c(N)c(C=N)c2)c(-c2ccccc2)nc1NCCCNC1CC1. The molecule has 0 radical (unpaired) electrons. The Morgan fingerprint density at radius 1 is 1.12 bits per heavy atom. The summed E-state index contributed by atoms with van der Waals surface area (Å²) in [6.45, 7) is 1.61. The van der Waals surface area contributed by atoms with Gasteiger partial charge in [-0.1, -0.05) is 41.9 Å². The van der Waals surface area contributed by atoms with E-state index in [9.17, 15) is 5.26 Å². The number of nitrogens with zero attached hydrogens (tertiary/aromatic N) is 3. The maximum absolute atomic E-state index is 9.75. The maximum atomic E-state index is 9.75. The first kappa shape index (κ1) is 21.8. The van der Waals surface area contributed by atoms with Crippen LogP contribution in [0.1, 0.15) is 30.5 Å². The Balaban J connectivity index is 1.73. The first-order valence-electron chi connectivity index (χ1n) is 10.6. The van der Waals surface area contributed by atoms with Gasteiger partial charge in [-0.3, -0.25) is 0 Å². The lowest BCUT2D eigenvalue weighted by molar-refractivity contribution is 0.658. The molecule has 32 heavy (non-hydrogen) atoms. The quantitative estimate of drug-likeness (QED) is 0.219. The predicted molar refractivity (Wildman–Crippen MR) is 129 cm³/mol. The van der Waals surface area contributed by atoms with Crippen molar-refractivity contribution in [1.29, 1.82) is 10.7 Å². The van der Waals surface area contributed by atoms with E-state index in [1.807, 2.05) is 30.3 Å². The second-order valence-corrected chi connectivity index (χ2v) is 8.12. The van der Waals surface area contributed by atoms with Crippen molar-refractivity contribution in [1.82, 2.24) is 15.3 Å². The Labute approximate surface area is 192 Å². The molecule has 2 aromatic carbocycles. The average molecular weight is 446 g/mol. The van der Waals surface area contributed by atoms with Crippen molar-refractivity contribution < 1.29 is 0 Å². The van der Waals surface area contributed by atoms with Crippen LogP contribution < -0.4 is 16.4 Å². The van der Waals surface area contributed by atoms with Crippen molar-refractivity contribution >= 4 is 29.3 Å². The molecule has 1 aliphatic carbocycles. The van der Waals surface area contributed by atoms with Gasteiger partial charge in [-0.15, -0.1) is 0 Å². The summed E-state index contributed by atoms with van der Waals surface area (Å²) < 4.78 is 0. The molecule has 5 N–H and O–H groups in total. The third-order valence-electron chi connectivity index (χ3n) is 5.30. The number of hydrogen-bond donors (Lipinski definition) is 4. The van der Waals surface area contributed by atoms with Crippen molar-refractivity contribution in [2.45, 2.75) is 25.3 Å². The van der Waals surface area contributed by atoms with Crippen LogP contribution in [0.4, 0.5) is 11.5 Å². The molecule has 7 nitrogen and oxygen atoms in total. The summed E-state index contributed by atoms with van der Waals surface area (Å²) in [6.07, 6.45) is 4.58. The normalized spacial score (nSPS) is 12.9. The number of anilines is 2. The third-order valence-corrected chi connectivity index (χ3v) is 5.61. The van der Waals surface area contributed by atoms with E-state index in [1.165, 1.54) is 12.8 Å². The van der Waals surface area contributed by atoms with Gasteiger partial charge in [0.1, 0.15) is 6.07 Å². The lowest BCUT2D eigenvalue weighted by Crippen LogP contribution is -2.20. The van der Waals surface area contributed by atoms with E-state index in [0.29, 0.717) is 51.6 Å². The van der Waals surface area contributed by atoms with Gasteiger partial charge >= 0.3 is 0 Å². The molecule has 8 heteroatoms. The molecule has 1 saturated carbocycles. The average Bonchev–Trinajstić information content (AvgIpc) is 3.65. The molecule has 0 atom stereocenters. The second-order valence-electron chi connectivity index (χ2n) is 7.71. The van der Waals surface area contributed by atoms with Crippen LogP contribution in [0.2, 0.25) is 5.02 Å². The summed E-state index contributed by atoms with van der Waals surface area (Å²) in [5, 5.41) is 24.5. The van der Waals surface area contributed by atoms with Crippen LogP contribution in [0.3, 0.4) is 0 Å². The molecule has 0 amide bonds. The third kappa shape index (κ3) is 4.88. The Morgan fingerprint density at radius 2 is 1.88 bits per heavy atom. The van der Waals surface area contributed by atoms with Gasteiger partial charge in [0.2, 0.25) is 0 Å². The molecular formula is C24H24ClN7. The summed E-state index contributed by atoms with van der Waals surface area (Å²) in [4.78, 5) is 9.44. The van der Waals surface area contributed by atoms with Crippen LogP contribution >= 0.6 is 11.6 Å². The Kier molecular flexibility index (Phi) is 6.64. The fourth-order valence-electron chi connectivity index (χ4n) is 3.42. The minimum absolute atomic E-state index is 0.208. The van der Waals surface area contributed by atoms with Crippen LogP contribution in [-0.4, -0.2) is 35.3 Å². The van der Waals surface area contributed by atoms with Crippen LogP contribution in [0.5, 0.6) is 0 Å². The van der Waals surface area contributed by atoms with E-state index in [-0.39, 0.29) is 5.69 Å². The highest BCUT2D eigenvalue weighted by Crippen LogP contribution is 2.35. The van der Waals surface area contributed by atoms with E-state index in [0.717, 1.165) is 24.7 Å².